The Kier molecular flexibility index (Phi) is 1.81. The first-order valence-corrected chi connectivity index (χ1v) is 11.1. The van der Waals surface area contributed by atoms with E-state index in [1.54, 1.807) is 0 Å². The van der Waals surface area contributed by atoms with Crippen molar-refractivity contribution in [1.82, 2.24) is 4.57 Å². The van der Waals surface area contributed by atoms with Crippen LogP contribution in [-0.4, -0.2) is 12.9 Å². The lowest BCUT2D eigenvalue weighted by Crippen LogP contribution is -2.55. The second-order valence-corrected chi connectivity index (χ2v) is 11.1. The van der Waals surface area contributed by atoms with E-state index in [-0.39, 0.29) is 0 Å². The number of hydrogen-bond donors (Lipinski definition) is 0. The van der Waals surface area contributed by atoms with Crippen LogP contribution in [0.25, 0.3) is 27.3 Å². The summed E-state index contributed by atoms with van der Waals surface area (Å²) in [5, 5.41) is 5.55. The summed E-state index contributed by atoms with van der Waals surface area (Å²) in [4.78, 5) is 0. The van der Waals surface area contributed by atoms with Gasteiger partial charge in [0.25, 0.3) is 14.0 Å². The number of fused-ring (bicyclic) bond motifs is 1. The van der Waals surface area contributed by atoms with E-state index in [1.807, 2.05) is 0 Å². The molecule has 0 atom stereocenters. The minimum atomic E-state index is -1.94. The van der Waals surface area contributed by atoms with Crippen molar-refractivity contribution < 1.29 is 8.83 Å². The summed E-state index contributed by atoms with van der Waals surface area (Å²) in [6.45, 7) is 7.77. The van der Waals surface area contributed by atoms with Crippen LogP contribution in [0.15, 0.2) is 36.4 Å². The SMILES string of the molecule is Cc1c2[n+]3c4c(cccc4c4cccc5c4c3n1C5)[Si](C)(C)O2. The molecule has 4 heterocycles. The third-order valence-corrected chi connectivity index (χ3v) is 8.04. The maximum absolute atomic E-state index is 6.59. The zero-order valence-corrected chi connectivity index (χ0v) is 14.5. The minimum Gasteiger partial charge on any atom is -0.509 e. The lowest BCUT2D eigenvalue weighted by molar-refractivity contribution is -0.487. The first-order valence-electron chi connectivity index (χ1n) is 8.18. The highest BCUT2D eigenvalue weighted by Gasteiger charge is 2.44. The Morgan fingerprint density at radius 1 is 1.09 bits per heavy atom. The number of aromatic nitrogens is 2. The molecule has 0 amide bonds. The summed E-state index contributed by atoms with van der Waals surface area (Å²) in [5.41, 5.74) is 5.36. The summed E-state index contributed by atoms with van der Waals surface area (Å²) in [5.74, 6) is 1.07. The van der Waals surface area contributed by atoms with Gasteiger partial charge in [0, 0.05) is 28.4 Å². The van der Waals surface area contributed by atoms with Gasteiger partial charge in [-0.15, -0.1) is 0 Å². The standard InChI is InChI=1S/C19H17N2OSi/c1-11-19-21-17-14(8-5-9-15(17)23(2,3)22-19)13-7-4-6-12-10-20(11)18(21)16(12)13/h4-9H,10H2,1-3H3/q+1. The van der Waals surface area contributed by atoms with E-state index in [2.05, 4.69) is 65.4 Å². The van der Waals surface area contributed by atoms with Gasteiger partial charge >= 0.3 is 5.88 Å². The van der Waals surface area contributed by atoms with Crippen LogP contribution >= 0.6 is 0 Å². The topological polar surface area (TPSA) is 18.3 Å². The summed E-state index contributed by atoms with van der Waals surface area (Å²) >= 11 is 0. The summed E-state index contributed by atoms with van der Waals surface area (Å²) in [6.07, 6.45) is 0. The minimum absolute atomic E-state index is 0.957. The molecule has 2 aromatic carbocycles. The van der Waals surface area contributed by atoms with Crippen LogP contribution in [0, 0.1) is 6.92 Å². The van der Waals surface area contributed by atoms with Crippen LogP contribution in [-0.2, 0) is 6.54 Å². The maximum Gasteiger partial charge on any atom is 0.320 e. The highest BCUT2D eigenvalue weighted by atomic mass is 28.4. The van der Waals surface area contributed by atoms with Gasteiger partial charge in [0.1, 0.15) is 12.1 Å². The molecule has 0 saturated heterocycles. The Balaban J connectivity index is 2.08. The van der Waals surface area contributed by atoms with Gasteiger partial charge in [-0.3, -0.25) is 0 Å². The molecule has 0 bridgehead atoms. The molecule has 6 rings (SSSR count). The van der Waals surface area contributed by atoms with Crippen molar-refractivity contribution >= 4 is 40.8 Å². The molecule has 0 fully saturated rings. The molecule has 0 spiro atoms. The fourth-order valence-electron chi connectivity index (χ4n) is 4.60. The van der Waals surface area contributed by atoms with Gasteiger partial charge in [0.15, 0.2) is 5.69 Å². The molecule has 0 saturated carbocycles. The summed E-state index contributed by atoms with van der Waals surface area (Å²) in [7, 11) is -1.94. The van der Waals surface area contributed by atoms with Crippen molar-refractivity contribution in [2.24, 2.45) is 0 Å². The van der Waals surface area contributed by atoms with Crippen molar-refractivity contribution in [3.05, 3.63) is 47.7 Å². The Morgan fingerprint density at radius 3 is 2.74 bits per heavy atom. The molecule has 2 aliphatic rings. The summed E-state index contributed by atoms with van der Waals surface area (Å²) < 4.78 is 11.4. The van der Waals surface area contributed by atoms with Gasteiger partial charge < -0.3 is 4.43 Å². The largest absolute Gasteiger partial charge is 0.509 e. The fourth-order valence-corrected chi connectivity index (χ4v) is 6.74. The van der Waals surface area contributed by atoms with E-state index in [4.69, 9.17) is 4.43 Å². The first kappa shape index (κ1) is 12.1. The Bertz CT molecular complexity index is 1200. The number of imidazole rings is 1. The average molecular weight is 317 g/mol. The number of nitrogens with zero attached hydrogens (tertiary/aromatic N) is 2. The number of pyridine rings is 1. The number of hydrogen-bond acceptors (Lipinski definition) is 1. The predicted molar refractivity (Wildman–Crippen MR) is 94.2 cm³/mol. The monoisotopic (exact) mass is 317 g/mol. The smallest absolute Gasteiger partial charge is 0.320 e. The predicted octanol–water partition coefficient (Wildman–Crippen LogP) is 3.01. The maximum atomic E-state index is 6.59. The highest BCUT2D eigenvalue weighted by molar-refractivity contribution is 6.86. The average Bonchev–Trinajstić information content (AvgIpc) is 3.04. The van der Waals surface area contributed by atoms with E-state index in [1.165, 1.54) is 43.8 Å². The van der Waals surface area contributed by atoms with Crippen LogP contribution in [0.3, 0.4) is 0 Å². The normalized spacial score (nSPS) is 17.0. The van der Waals surface area contributed by atoms with E-state index in [0.717, 1.165) is 12.4 Å². The molecule has 2 aromatic heterocycles. The fraction of sp³-hybridized carbons (Fsp3) is 0.211. The Hall–Kier alpha value is -2.33. The van der Waals surface area contributed by atoms with Crippen molar-refractivity contribution in [3.8, 4) is 5.88 Å². The first-order chi connectivity index (χ1) is 11.1. The number of benzene rings is 2. The highest BCUT2D eigenvalue weighted by Crippen LogP contribution is 2.39. The molecule has 2 aliphatic heterocycles. The third-order valence-electron chi connectivity index (χ3n) is 5.64. The lowest BCUT2D eigenvalue weighted by atomic mass is 10.0. The third kappa shape index (κ3) is 1.16. The van der Waals surface area contributed by atoms with E-state index >= 15 is 0 Å². The van der Waals surface area contributed by atoms with Crippen LogP contribution in [0.5, 0.6) is 5.88 Å². The van der Waals surface area contributed by atoms with Gasteiger partial charge in [0.2, 0.25) is 0 Å². The van der Waals surface area contributed by atoms with Crippen molar-refractivity contribution in [1.29, 1.82) is 0 Å². The van der Waals surface area contributed by atoms with Crippen LogP contribution < -0.4 is 14.0 Å². The van der Waals surface area contributed by atoms with Gasteiger partial charge in [-0.05, 0) is 13.1 Å². The quantitative estimate of drug-likeness (QED) is 0.244. The molecule has 0 radical (unpaired) electrons. The molecular weight excluding hydrogens is 300 g/mol. The number of para-hydroxylation sites is 1. The Labute approximate surface area is 134 Å². The Morgan fingerprint density at radius 2 is 1.87 bits per heavy atom. The molecule has 4 heteroatoms. The molecular formula is C19H17N2OSi+. The summed E-state index contributed by atoms with van der Waals surface area (Å²) in [6, 6.07) is 13.5. The van der Waals surface area contributed by atoms with Crippen LogP contribution in [0.2, 0.25) is 13.1 Å². The zero-order valence-electron chi connectivity index (χ0n) is 13.5. The van der Waals surface area contributed by atoms with Crippen molar-refractivity contribution in [2.45, 2.75) is 26.6 Å². The molecule has 23 heavy (non-hydrogen) atoms. The van der Waals surface area contributed by atoms with E-state index in [0.29, 0.717) is 0 Å². The molecule has 0 N–H and O–H groups in total. The van der Waals surface area contributed by atoms with Gasteiger partial charge in [-0.25, -0.2) is 4.57 Å². The number of rotatable bonds is 0. The van der Waals surface area contributed by atoms with Gasteiger partial charge in [-0.2, -0.15) is 4.40 Å². The van der Waals surface area contributed by atoms with Crippen LogP contribution in [0.1, 0.15) is 11.3 Å². The molecule has 0 unspecified atom stereocenters. The molecule has 112 valence electrons. The molecule has 3 nitrogen and oxygen atoms in total. The van der Waals surface area contributed by atoms with E-state index in [9.17, 15) is 0 Å². The van der Waals surface area contributed by atoms with Crippen LogP contribution in [0.4, 0.5) is 0 Å². The lowest BCUT2D eigenvalue weighted by Gasteiger charge is -2.27. The van der Waals surface area contributed by atoms with Crippen molar-refractivity contribution in [3.63, 3.8) is 0 Å². The van der Waals surface area contributed by atoms with E-state index < -0.39 is 8.32 Å². The molecule has 4 aromatic rings. The zero-order chi connectivity index (χ0) is 15.5. The molecule has 0 aliphatic carbocycles. The van der Waals surface area contributed by atoms with Gasteiger partial charge in [0.05, 0.1) is 5.39 Å². The second-order valence-electron chi connectivity index (χ2n) is 7.29. The van der Waals surface area contributed by atoms with Gasteiger partial charge in [-0.1, -0.05) is 36.4 Å². The second kappa shape index (κ2) is 3.43. The van der Waals surface area contributed by atoms with Crippen molar-refractivity contribution in [2.75, 3.05) is 0 Å².